The van der Waals surface area contributed by atoms with Crippen LogP contribution in [0.15, 0.2) is 54.7 Å². The van der Waals surface area contributed by atoms with Gasteiger partial charge in [0.05, 0.1) is 35.0 Å². The van der Waals surface area contributed by atoms with Crippen LogP contribution < -0.4 is 0 Å². The Bertz CT molecular complexity index is 1340. The van der Waals surface area contributed by atoms with Gasteiger partial charge in [-0.25, -0.2) is 9.97 Å². The molecule has 0 radical (unpaired) electrons. The number of hydrogen-bond donors (Lipinski definition) is 2. The highest BCUT2D eigenvalue weighted by atomic mass is 15.2. The SMILES string of the molecule is BN1CCC[C@H]1c1nc2cc(C=CCc3ccc(-c4cnc([C@@H]5CCCN5C)[nH]4)cc3)ccc2[nH]1. The Balaban J connectivity index is 1.10. The minimum Gasteiger partial charge on any atom is -0.341 e. The number of allylic oxidation sites excluding steroid dienone is 1. The first kappa shape index (κ1) is 22.3. The van der Waals surface area contributed by atoms with Gasteiger partial charge in [-0.15, -0.1) is 0 Å². The summed E-state index contributed by atoms with van der Waals surface area (Å²) in [7, 11) is 4.37. The summed E-state index contributed by atoms with van der Waals surface area (Å²) in [6.07, 6.45) is 12.2. The maximum Gasteiger partial charge on any atom is 0.186 e. The molecule has 35 heavy (non-hydrogen) atoms. The molecule has 2 fully saturated rings. The molecule has 178 valence electrons. The molecule has 4 aromatic rings. The maximum absolute atomic E-state index is 4.90. The zero-order valence-corrected chi connectivity index (χ0v) is 20.7. The van der Waals surface area contributed by atoms with E-state index < -0.39 is 0 Å². The number of fused-ring (bicyclic) bond motifs is 1. The van der Waals surface area contributed by atoms with E-state index in [4.69, 9.17) is 4.98 Å². The topological polar surface area (TPSA) is 63.8 Å². The molecule has 2 aliphatic rings. The Labute approximate surface area is 207 Å². The van der Waals surface area contributed by atoms with E-state index in [0.717, 1.165) is 47.9 Å². The van der Waals surface area contributed by atoms with Crippen LogP contribution in [0.4, 0.5) is 0 Å². The molecule has 2 aromatic heterocycles. The fraction of sp³-hybridized carbons (Fsp3) is 0.357. The summed E-state index contributed by atoms with van der Waals surface area (Å²) in [5, 5.41) is 0. The quantitative estimate of drug-likeness (QED) is 0.408. The molecule has 0 aliphatic carbocycles. The second-order valence-corrected chi connectivity index (χ2v) is 10.2. The van der Waals surface area contributed by atoms with E-state index in [0.29, 0.717) is 12.1 Å². The molecule has 2 aromatic carbocycles. The predicted octanol–water partition coefficient (Wildman–Crippen LogP) is 4.66. The van der Waals surface area contributed by atoms with E-state index in [1.807, 2.05) is 6.20 Å². The van der Waals surface area contributed by atoms with E-state index in [-0.39, 0.29) is 0 Å². The molecule has 2 N–H and O–H groups in total. The lowest BCUT2D eigenvalue weighted by molar-refractivity contribution is 0.307. The Morgan fingerprint density at radius 2 is 1.83 bits per heavy atom. The number of rotatable bonds is 6. The normalized spacial score (nSPS) is 21.6. The van der Waals surface area contributed by atoms with Crippen LogP contribution in [0.5, 0.6) is 0 Å². The maximum atomic E-state index is 4.90. The number of benzene rings is 2. The lowest BCUT2D eigenvalue weighted by atomic mass is 10.1. The first-order chi connectivity index (χ1) is 17.1. The molecule has 6 rings (SSSR count). The molecule has 2 aliphatic heterocycles. The highest BCUT2D eigenvalue weighted by molar-refractivity contribution is 6.04. The van der Waals surface area contributed by atoms with Crippen LogP contribution in [-0.4, -0.2) is 57.8 Å². The standard InChI is InChI=1S/C28H33BN6/c1-34-15-3-7-25(34)27-30-18-24(33-27)21-12-9-19(10-13-21)5-2-6-20-11-14-22-23(17-20)32-28(31-22)26-8-4-16-35(26)29/h2,6,9-14,17-18,25-26H,3-5,7-8,15-16,29H2,1H3,(H,30,33)(H,31,32)/t25-,26-/m0/s1. The smallest absolute Gasteiger partial charge is 0.186 e. The van der Waals surface area contributed by atoms with Crippen LogP contribution in [-0.2, 0) is 6.42 Å². The second-order valence-electron chi connectivity index (χ2n) is 10.2. The van der Waals surface area contributed by atoms with E-state index in [2.05, 4.69) is 94.3 Å². The second kappa shape index (κ2) is 9.48. The number of aromatic nitrogens is 4. The molecular weight excluding hydrogens is 431 g/mol. The fourth-order valence-corrected chi connectivity index (χ4v) is 5.62. The number of H-pyrrole nitrogens is 2. The van der Waals surface area contributed by atoms with Gasteiger partial charge in [0.1, 0.15) is 11.6 Å². The summed E-state index contributed by atoms with van der Waals surface area (Å²) in [6.45, 7) is 2.30. The Morgan fingerprint density at radius 1 is 1.00 bits per heavy atom. The zero-order chi connectivity index (χ0) is 23.8. The number of aromatic amines is 2. The first-order valence-corrected chi connectivity index (χ1v) is 12.8. The van der Waals surface area contributed by atoms with E-state index in [1.54, 1.807) is 0 Å². The van der Waals surface area contributed by atoms with Crippen LogP contribution >= 0.6 is 0 Å². The summed E-state index contributed by atoms with van der Waals surface area (Å²) < 4.78 is 0. The molecular formula is C28H33BN6. The summed E-state index contributed by atoms with van der Waals surface area (Å²) in [4.78, 5) is 21.4. The van der Waals surface area contributed by atoms with E-state index >= 15 is 0 Å². The number of imidazole rings is 2. The van der Waals surface area contributed by atoms with Gasteiger partial charge in [0.2, 0.25) is 0 Å². The van der Waals surface area contributed by atoms with Crippen LogP contribution in [0, 0.1) is 0 Å². The molecule has 7 heteroatoms. The molecule has 2 saturated heterocycles. The average molecular weight is 464 g/mol. The third-order valence-electron chi connectivity index (χ3n) is 7.72. The van der Waals surface area contributed by atoms with Crippen molar-refractivity contribution in [1.82, 2.24) is 29.6 Å². The van der Waals surface area contributed by atoms with Crippen molar-refractivity contribution >= 4 is 25.1 Å². The Kier molecular flexibility index (Phi) is 6.04. The number of hydrogen-bond acceptors (Lipinski definition) is 4. The average Bonchev–Trinajstić information content (AvgIpc) is 3.66. The van der Waals surface area contributed by atoms with Gasteiger partial charge in [-0.1, -0.05) is 42.5 Å². The Morgan fingerprint density at radius 3 is 2.60 bits per heavy atom. The van der Waals surface area contributed by atoms with Crippen molar-refractivity contribution in [2.75, 3.05) is 20.1 Å². The van der Waals surface area contributed by atoms with Crippen molar-refractivity contribution in [3.63, 3.8) is 0 Å². The number of nitrogens with zero attached hydrogens (tertiary/aromatic N) is 4. The first-order valence-electron chi connectivity index (χ1n) is 12.8. The lowest BCUT2D eigenvalue weighted by Crippen LogP contribution is -2.20. The molecule has 0 saturated carbocycles. The van der Waals surface area contributed by atoms with Crippen molar-refractivity contribution < 1.29 is 0 Å². The van der Waals surface area contributed by atoms with E-state index in [9.17, 15) is 0 Å². The van der Waals surface area contributed by atoms with Gasteiger partial charge >= 0.3 is 0 Å². The summed E-state index contributed by atoms with van der Waals surface area (Å²) in [5.41, 5.74) is 6.94. The summed E-state index contributed by atoms with van der Waals surface area (Å²) in [6, 6.07) is 16.1. The van der Waals surface area contributed by atoms with Crippen LogP contribution in [0.3, 0.4) is 0 Å². The molecule has 6 nitrogen and oxygen atoms in total. The highest BCUT2D eigenvalue weighted by Crippen LogP contribution is 2.31. The number of likely N-dealkylation sites (tertiary alicyclic amines) is 1. The summed E-state index contributed by atoms with van der Waals surface area (Å²) >= 11 is 0. The van der Waals surface area contributed by atoms with Gasteiger partial charge in [0.15, 0.2) is 7.98 Å². The van der Waals surface area contributed by atoms with Crippen LogP contribution in [0.2, 0.25) is 0 Å². The molecule has 0 amide bonds. The molecule has 0 unspecified atom stereocenters. The largest absolute Gasteiger partial charge is 0.341 e. The fourth-order valence-electron chi connectivity index (χ4n) is 5.62. The van der Waals surface area contributed by atoms with Gasteiger partial charge in [0.25, 0.3) is 0 Å². The van der Waals surface area contributed by atoms with Gasteiger partial charge in [-0.3, -0.25) is 4.90 Å². The monoisotopic (exact) mass is 464 g/mol. The van der Waals surface area contributed by atoms with Gasteiger partial charge in [-0.05, 0) is 81.1 Å². The molecule has 4 heterocycles. The summed E-state index contributed by atoms with van der Waals surface area (Å²) in [5.74, 6) is 2.18. The van der Waals surface area contributed by atoms with Crippen molar-refractivity contribution in [3.05, 3.63) is 77.5 Å². The van der Waals surface area contributed by atoms with Crippen molar-refractivity contribution in [2.24, 2.45) is 0 Å². The van der Waals surface area contributed by atoms with Crippen LogP contribution in [0.25, 0.3) is 28.4 Å². The van der Waals surface area contributed by atoms with Gasteiger partial charge in [-0.2, -0.15) is 0 Å². The highest BCUT2D eigenvalue weighted by Gasteiger charge is 2.26. The van der Waals surface area contributed by atoms with Crippen molar-refractivity contribution in [3.8, 4) is 11.3 Å². The Hall–Kier alpha value is -3.16. The zero-order valence-electron chi connectivity index (χ0n) is 20.7. The third-order valence-corrected chi connectivity index (χ3v) is 7.72. The van der Waals surface area contributed by atoms with Crippen molar-refractivity contribution in [2.45, 2.75) is 44.2 Å². The minimum atomic E-state index is 0.418. The molecule has 0 spiro atoms. The van der Waals surface area contributed by atoms with E-state index in [1.165, 1.54) is 42.4 Å². The van der Waals surface area contributed by atoms with Gasteiger partial charge < -0.3 is 14.8 Å². The third kappa shape index (κ3) is 4.58. The molecule has 2 atom stereocenters. The lowest BCUT2D eigenvalue weighted by Gasteiger charge is -2.16. The van der Waals surface area contributed by atoms with Crippen LogP contribution in [0.1, 0.15) is 60.5 Å². The van der Waals surface area contributed by atoms with Crippen molar-refractivity contribution in [1.29, 1.82) is 0 Å². The predicted molar refractivity (Wildman–Crippen MR) is 145 cm³/mol. The van der Waals surface area contributed by atoms with Gasteiger partial charge in [0, 0.05) is 0 Å². The molecule has 0 bridgehead atoms. The number of nitrogens with one attached hydrogen (secondary N) is 2. The minimum absolute atomic E-state index is 0.418.